The highest BCUT2D eigenvalue weighted by atomic mass is 32.1. The van der Waals surface area contributed by atoms with Gasteiger partial charge >= 0.3 is 0 Å². The molecule has 0 radical (unpaired) electrons. The predicted molar refractivity (Wildman–Crippen MR) is 121 cm³/mol. The molecule has 30 heavy (non-hydrogen) atoms. The van der Waals surface area contributed by atoms with Crippen LogP contribution in [-0.2, 0) is 17.9 Å². The molecular formula is C24H32FN3OS. The number of carbonyl (C=O) groups excluding carboxylic acids is 1. The zero-order chi connectivity index (χ0) is 20.8. The Morgan fingerprint density at radius 2 is 1.70 bits per heavy atom. The molecule has 0 spiro atoms. The van der Waals surface area contributed by atoms with Gasteiger partial charge in [-0.25, -0.2) is 4.39 Å². The second kappa shape index (κ2) is 10.5. The molecule has 3 heterocycles. The van der Waals surface area contributed by atoms with E-state index < -0.39 is 0 Å². The van der Waals surface area contributed by atoms with Gasteiger partial charge in [-0.1, -0.05) is 12.1 Å². The van der Waals surface area contributed by atoms with Gasteiger partial charge in [0.2, 0.25) is 5.91 Å². The molecule has 4 rings (SSSR count). The summed E-state index contributed by atoms with van der Waals surface area (Å²) in [6.07, 6.45) is 6.35. The SMILES string of the molecule is O=C(CCC1CCCN(Cc2ccc(CN3CCCC3)s2)C1)Nc1ccccc1F. The number of nitrogens with zero attached hydrogens (tertiary/aromatic N) is 2. The molecule has 2 saturated heterocycles. The van der Waals surface area contributed by atoms with E-state index in [1.54, 1.807) is 18.2 Å². The smallest absolute Gasteiger partial charge is 0.224 e. The molecule has 1 aromatic carbocycles. The average molecular weight is 430 g/mol. The van der Waals surface area contributed by atoms with Crippen LogP contribution in [-0.4, -0.2) is 41.9 Å². The van der Waals surface area contributed by atoms with Crippen molar-refractivity contribution in [2.24, 2.45) is 5.92 Å². The maximum absolute atomic E-state index is 13.7. The maximum Gasteiger partial charge on any atom is 0.224 e. The molecule has 4 nitrogen and oxygen atoms in total. The molecule has 2 fully saturated rings. The third-order valence-corrected chi connectivity index (χ3v) is 7.26. The second-order valence-corrected chi connectivity index (χ2v) is 9.91. The molecule has 1 aromatic heterocycles. The van der Waals surface area contributed by atoms with E-state index in [2.05, 4.69) is 27.2 Å². The highest BCUT2D eigenvalue weighted by Crippen LogP contribution is 2.26. The number of carbonyl (C=O) groups is 1. The van der Waals surface area contributed by atoms with Gasteiger partial charge in [0.25, 0.3) is 0 Å². The number of piperidine rings is 1. The number of hydrogen-bond acceptors (Lipinski definition) is 4. The number of nitrogens with one attached hydrogen (secondary N) is 1. The van der Waals surface area contributed by atoms with Gasteiger partial charge in [-0.2, -0.15) is 0 Å². The van der Waals surface area contributed by atoms with Crippen molar-refractivity contribution in [3.8, 4) is 0 Å². The Labute approximate surface area is 183 Å². The minimum atomic E-state index is -0.380. The molecule has 1 unspecified atom stereocenters. The van der Waals surface area contributed by atoms with Crippen molar-refractivity contribution in [2.75, 3.05) is 31.5 Å². The summed E-state index contributed by atoms with van der Waals surface area (Å²) in [4.78, 5) is 20.2. The minimum Gasteiger partial charge on any atom is -0.324 e. The highest BCUT2D eigenvalue weighted by Gasteiger charge is 2.21. The largest absolute Gasteiger partial charge is 0.324 e. The van der Waals surface area contributed by atoms with Crippen LogP contribution in [0.5, 0.6) is 0 Å². The number of likely N-dealkylation sites (tertiary alicyclic amines) is 2. The van der Waals surface area contributed by atoms with E-state index in [4.69, 9.17) is 0 Å². The standard InChI is InChI=1S/C24H32FN3OS/c25-22-7-1-2-8-23(22)26-24(29)12-9-19-6-5-15-28(16-19)18-21-11-10-20(30-21)17-27-13-3-4-14-27/h1-2,7-8,10-11,19H,3-6,9,12-18H2,(H,26,29). The van der Waals surface area contributed by atoms with Crippen molar-refractivity contribution >= 4 is 22.9 Å². The van der Waals surface area contributed by atoms with Gasteiger partial charge in [-0.3, -0.25) is 14.6 Å². The van der Waals surface area contributed by atoms with Gasteiger partial charge in [0.05, 0.1) is 5.69 Å². The molecule has 0 saturated carbocycles. The molecular weight excluding hydrogens is 397 g/mol. The third kappa shape index (κ3) is 6.13. The molecule has 2 aliphatic rings. The fourth-order valence-electron chi connectivity index (χ4n) is 4.61. The monoisotopic (exact) mass is 429 g/mol. The number of amides is 1. The number of rotatable bonds is 8. The fourth-order valence-corrected chi connectivity index (χ4v) is 5.72. The summed E-state index contributed by atoms with van der Waals surface area (Å²) in [7, 11) is 0. The van der Waals surface area contributed by atoms with Crippen molar-refractivity contribution in [1.82, 2.24) is 9.80 Å². The van der Waals surface area contributed by atoms with Crippen LogP contribution in [0.4, 0.5) is 10.1 Å². The van der Waals surface area contributed by atoms with Crippen LogP contribution in [0.2, 0.25) is 0 Å². The summed E-state index contributed by atoms with van der Waals surface area (Å²) in [6, 6.07) is 10.9. The number of hydrogen-bond donors (Lipinski definition) is 1. The van der Waals surface area contributed by atoms with Gasteiger partial charge in [-0.05, 0) is 81.9 Å². The van der Waals surface area contributed by atoms with Crippen LogP contribution in [0.15, 0.2) is 36.4 Å². The normalized spacial score (nSPS) is 20.5. The summed E-state index contributed by atoms with van der Waals surface area (Å²) >= 11 is 1.95. The zero-order valence-electron chi connectivity index (χ0n) is 17.6. The first-order valence-electron chi connectivity index (χ1n) is 11.2. The molecule has 2 aliphatic heterocycles. The van der Waals surface area contributed by atoms with Crippen LogP contribution in [0.3, 0.4) is 0 Å². The lowest BCUT2D eigenvalue weighted by Crippen LogP contribution is -2.35. The van der Waals surface area contributed by atoms with Crippen LogP contribution in [0.1, 0.15) is 48.3 Å². The van der Waals surface area contributed by atoms with Gasteiger partial charge in [0.15, 0.2) is 0 Å². The first kappa shape index (κ1) is 21.5. The first-order chi connectivity index (χ1) is 14.7. The van der Waals surface area contributed by atoms with Crippen molar-refractivity contribution < 1.29 is 9.18 Å². The quantitative estimate of drug-likeness (QED) is 0.633. The van der Waals surface area contributed by atoms with Crippen LogP contribution >= 0.6 is 11.3 Å². The van der Waals surface area contributed by atoms with E-state index in [9.17, 15) is 9.18 Å². The van der Waals surface area contributed by atoms with E-state index in [1.165, 1.54) is 54.6 Å². The molecule has 6 heteroatoms. The average Bonchev–Trinajstić information content (AvgIpc) is 3.41. The molecule has 0 aliphatic carbocycles. The fraction of sp³-hybridized carbons (Fsp3) is 0.542. The van der Waals surface area contributed by atoms with Crippen molar-refractivity contribution in [2.45, 2.75) is 51.6 Å². The van der Waals surface area contributed by atoms with E-state index in [-0.39, 0.29) is 17.4 Å². The van der Waals surface area contributed by atoms with Crippen LogP contribution < -0.4 is 5.32 Å². The highest BCUT2D eigenvalue weighted by molar-refractivity contribution is 7.11. The number of anilines is 1. The predicted octanol–water partition coefficient (Wildman–Crippen LogP) is 5.11. The molecule has 0 bridgehead atoms. The Balaban J connectivity index is 1.21. The summed E-state index contributed by atoms with van der Waals surface area (Å²) in [6.45, 7) is 6.79. The Hall–Kier alpha value is -1.76. The maximum atomic E-state index is 13.7. The number of thiophene rings is 1. The number of benzene rings is 1. The van der Waals surface area contributed by atoms with Gasteiger partial charge < -0.3 is 5.32 Å². The van der Waals surface area contributed by atoms with Gasteiger partial charge in [0, 0.05) is 35.8 Å². The lowest BCUT2D eigenvalue weighted by Gasteiger charge is -2.32. The number of para-hydroxylation sites is 1. The lowest BCUT2D eigenvalue weighted by atomic mass is 9.93. The van der Waals surface area contributed by atoms with E-state index >= 15 is 0 Å². The lowest BCUT2D eigenvalue weighted by molar-refractivity contribution is -0.116. The number of halogens is 1. The summed E-state index contributed by atoms with van der Waals surface area (Å²) in [5.41, 5.74) is 0.273. The summed E-state index contributed by atoms with van der Waals surface area (Å²) < 4.78 is 13.7. The van der Waals surface area contributed by atoms with Crippen molar-refractivity contribution in [1.29, 1.82) is 0 Å². The molecule has 162 valence electrons. The van der Waals surface area contributed by atoms with E-state index in [1.807, 2.05) is 11.3 Å². The van der Waals surface area contributed by atoms with Crippen molar-refractivity contribution in [3.63, 3.8) is 0 Å². The Morgan fingerprint density at radius 1 is 1.00 bits per heavy atom. The van der Waals surface area contributed by atoms with E-state index in [0.29, 0.717) is 12.3 Å². The van der Waals surface area contributed by atoms with Crippen molar-refractivity contribution in [3.05, 3.63) is 52.0 Å². The molecule has 2 aromatic rings. The van der Waals surface area contributed by atoms with Crippen LogP contribution in [0, 0.1) is 11.7 Å². The topological polar surface area (TPSA) is 35.6 Å². The third-order valence-electron chi connectivity index (χ3n) is 6.21. The van der Waals surface area contributed by atoms with Gasteiger partial charge in [-0.15, -0.1) is 11.3 Å². The van der Waals surface area contributed by atoms with Crippen LogP contribution in [0.25, 0.3) is 0 Å². The molecule has 1 atom stereocenters. The Kier molecular flexibility index (Phi) is 7.52. The Bertz CT molecular complexity index is 833. The summed E-state index contributed by atoms with van der Waals surface area (Å²) in [5, 5.41) is 2.70. The van der Waals surface area contributed by atoms with E-state index in [0.717, 1.165) is 32.6 Å². The minimum absolute atomic E-state index is 0.0953. The second-order valence-electron chi connectivity index (χ2n) is 8.66. The van der Waals surface area contributed by atoms with Gasteiger partial charge in [0.1, 0.15) is 5.82 Å². The summed E-state index contributed by atoms with van der Waals surface area (Å²) in [5.74, 6) is 0.0610. The molecule has 1 N–H and O–H groups in total. The first-order valence-corrected chi connectivity index (χ1v) is 12.0. The molecule has 1 amide bonds. The zero-order valence-corrected chi connectivity index (χ0v) is 18.4. The Morgan fingerprint density at radius 3 is 2.47 bits per heavy atom.